The Morgan fingerprint density at radius 2 is 1.79 bits per heavy atom. The van der Waals surface area contributed by atoms with Crippen molar-refractivity contribution in [3.05, 3.63) is 35.7 Å². The molecule has 0 saturated carbocycles. The number of carbonyl (C=O) groups excluding carboxylic acids is 1. The van der Waals surface area contributed by atoms with Crippen LogP contribution in [0.2, 0.25) is 0 Å². The maximum absolute atomic E-state index is 12.6. The summed E-state index contributed by atoms with van der Waals surface area (Å²) in [6.45, 7) is 2.83. The number of halogens is 3. The van der Waals surface area contributed by atoms with Crippen LogP contribution in [0.25, 0.3) is 11.5 Å². The molecule has 0 unspecified atom stereocenters. The van der Waals surface area contributed by atoms with E-state index in [1.165, 1.54) is 17.0 Å². The lowest BCUT2D eigenvalue weighted by atomic mass is 10.1. The van der Waals surface area contributed by atoms with E-state index in [0.717, 1.165) is 5.56 Å². The van der Waals surface area contributed by atoms with Crippen molar-refractivity contribution in [1.29, 1.82) is 0 Å². The highest BCUT2D eigenvalue weighted by molar-refractivity contribution is 7.91. The molecule has 158 valence electrons. The minimum absolute atomic E-state index is 0.0465. The first kappa shape index (κ1) is 21.1. The lowest BCUT2D eigenvalue weighted by molar-refractivity contribution is -0.156. The average Bonchev–Trinajstić information content (AvgIpc) is 3.17. The summed E-state index contributed by atoms with van der Waals surface area (Å²) in [7, 11) is -3.08. The van der Waals surface area contributed by atoms with Crippen molar-refractivity contribution in [2.75, 3.05) is 31.1 Å². The minimum atomic E-state index is -4.71. The van der Waals surface area contributed by atoms with Gasteiger partial charge in [-0.25, -0.2) is 13.2 Å². The predicted molar refractivity (Wildman–Crippen MR) is 96.4 cm³/mol. The Morgan fingerprint density at radius 1 is 1.17 bits per heavy atom. The molecule has 1 aliphatic rings. The predicted octanol–water partition coefficient (Wildman–Crippen LogP) is 2.43. The number of rotatable bonds is 4. The third-order valence-electron chi connectivity index (χ3n) is 4.51. The number of alkyl halides is 3. The number of hydrogen-bond donors (Lipinski definition) is 0. The molecule has 1 saturated heterocycles. The fourth-order valence-corrected chi connectivity index (χ4v) is 4.05. The van der Waals surface area contributed by atoms with Gasteiger partial charge in [0.2, 0.25) is 5.89 Å². The molecule has 0 aliphatic carbocycles. The number of carbonyl (C=O) groups is 1. The maximum Gasteiger partial charge on any atom is 0.470 e. The molecule has 0 bridgehead atoms. The summed E-state index contributed by atoms with van der Waals surface area (Å²) in [5, 5.41) is 6.39. The number of amides is 2. The molecule has 0 radical (unpaired) electrons. The Morgan fingerprint density at radius 3 is 2.31 bits per heavy atom. The zero-order chi connectivity index (χ0) is 21.2. The average molecular weight is 432 g/mol. The van der Waals surface area contributed by atoms with Gasteiger partial charge in [0.05, 0.1) is 11.5 Å². The number of sulfone groups is 1. The standard InChI is InChI=1S/C17H19F3N4O4S/c1-2-23(16(25)24-7-9-29(26,27)10-8-24)11-12-3-5-13(6-4-12)14-21-22-15(28-14)17(18,19)20/h3-6H,2,7-11H2,1H3. The van der Waals surface area contributed by atoms with E-state index >= 15 is 0 Å². The highest BCUT2D eigenvalue weighted by atomic mass is 32.2. The zero-order valence-corrected chi connectivity index (χ0v) is 16.3. The van der Waals surface area contributed by atoms with E-state index in [4.69, 9.17) is 0 Å². The lowest BCUT2D eigenvalue weighted by Crippen LogP contribution is -2.49. The molecule has 0 N–H and O–H groups in total. The monoisotopic (exact) mass is 432 g/mol. The van der Waals surface area contributed by atoms with E-state index in [1.54, 1.807) is 17.0 Å². The molecule has 1 aliphatic heterocycles. The van der Waals surface area contributed by atoms with Gasteiger partial charge in [0.25, 0.3) is 0 Å². The molecule has 8 nitrogen and oxygen atoms in total. The van der Waals surface area contributed by atoms with Crippen LogP contribution in [0.4, 0.5) is 18.0 Å². The van der Waals surface area contributed by atoms with Crippen LogP contribution in [-0.4, -0.2) is 65.6 Å². The molecular weight excluding hydrogens is 413 g/mol. The van der Waals surface area contributed by atoms with Gasteiger partial charge in [-0.05, 0) is 24.6 Å². The second kappa shape index (κ2) is 8.01. The smallest absolute Gasteiger partial charge is 0.413 e. The van der Waals surface area contributed by atoms with E-state index in [-0.39, 0.29) is 43.1 Å². The molecule has 1 fully saturated rings. The fourth-order valence-electron chi connectivity index (χ4n) is 2.85. The van der Waals surface area contributed by atoms with Crippen LogP contribution in [0.1, 0.15) is 18.4 Å². The van der Waals surface area contributed by atoms with Crippen molar-refractivity contribution in [2.45, 2.75) is 19.6 Å². The van der Waals surface area contributed by atoms with E-state index in [0.29, 0.717) is 12.1 Å². The molecular formula is C17H19F3N4O4S. The molecule has 3 rings (SSSR count). The Labute approximate surface area is 165 Å². The molecule has 2 aromatic rings. The summed E-state index contributed by atoms with van der Waals surface area (Å²) in [6.07, 6.45) is -4.71. The number of nitrogens with zero attached hydrogens (tertiary/aromatic N) is 4. The summed E-state index contributed by atoms with van der Waals surface area (Å²) in [5.41, 5.74) is 1.08. The fraction of sp³-hybridized carbons (Fsp3) is 0.471. The minimum Gasteiger partial charge on any atom is -0.413 e. The third-order valence-corrected chi connectivity index (χ3v) is 6.12. The highest BCUT2D eigenvalue weighted by Gasteiger charge is 2.38. The van der Waals surface area contributed by atoms with Crippen molar-refractivity contribution in [3.8, 4) is 11.5 Å². The Kier molecular flexibility index (Phi) is 5.82. The first-order valence-corrected chi connectivity index (χ1v) is 10.7. The Hall–Kier alpha value is -2.63. The van der Waals surface area contributed by atoms with Crippen molar-refractivity contribution >= 4 is 15.9 Å². The summed E-state index contributed by atoms with van der Waals surface area (Å²) in [5.74, 6) is -1.76. The van der Waals surface area contributed by atoms with Gasteiger partial charge in [-0.1, -0.05) is 12.1 Å². The molecule has 12 heteroatoms. The third kappa shape index (κ3) is 5.05. The highest BCUT2D eigenvalue weighted by Crippen LogP contribution is 2.30. The lowest BCUT2D eigenvalue weighted by Gasteiger charge is -2.32. The molecule has 2 heterocycles. The normalized spacial score (nSPS) is 16.6. The van der Waals surface area contributed by atoms with Gasteiger partial charge >= 0.3 is 18.1 Å². The van der Waals surface area contributed by atoms with Crippen LogP contribution >= 0.6 is 0 Å². The summed E-state index contributed by atoms with van der Waals surface area (Å²) in [6, 6.07) is 6.13. The van der Waals surface area contributed by atoms with Crippen LogP contribution < -0.4 is 0 Å². The second-order valence-electron chi connectivity index (χ2n) is 6.54. The van der Waals surface area contributed by atoms with Gasteiger partial charge in [-0.3, -0.25) is 0 Å². The zero-order valence-electron chi connectivity index (χ0n) is 15.5. The van der Waals surface area contributed by atoms with Gasteiger partial charge in [-0.15, -0.1) is 10.2 Å². The van der Waals surface area contributed by atoms with E-state index < -0.39 is 21.9 Å². The van der Waals surface area contributed by atoms with Crippen LogP contribution in [-0.2, 0) is 22.6 Å². The van der Waals surface area contributed by atoms with Crippen LogP contribution in [0.3, 0.4) is 0 Å². The summed E-state index contributed by atoms with van der Waals surface area (Å²) < 4.78 is 65.4. The number of urea groups is 1. The van der Waals surface area contributed by atoms with E-state index in [9.17, 15) is 26.4 Å². The summed E-state index contributed by atoms with van der Waals surface area (Å²) in [4.78, 5) is 15.7. The van der Waals surface area contributed by atoms with E-state index in [2.05, 4.69) is 14.6 Å². The quantitative estimate of drug-likeness (QED) is 0.736. The van der Waals surface area contributed by atoms with Gasteiger partial charge in [0.15, 0.2) is 9.84 Å². The molecule has 1 aromatic heterocycles. The maximum atomic E-state index is 12.6. The Balaban J connectivity index is 1.66. The van der Waals surface area contributed by atoms with Crippen molar-refractivity contribution in [3.63, 3.8) is 0 Å². The van der Waals surface area contributed by atoms with Gasteiger partial charge in [-0.2, -0.15) is 13.2 Å². The summed E-state index contributed by atoms with van der Waals surface area (Å²) >= 11 is 0. The van der Waals surface area contributed by atoms with E-state index in [1.807, 2.05) is 6.92 Å². The molecule has 1 aromatic carbocycles. The SMILES string of the molecule is CCN(Cc1ccc(-c2nnc(C(F)(F)F)o2)cc1)C(=O)N1CCS(=O)(=O)CC1. The van der Waals surface area contributed by atoms with Gasteiger partial charge in [0.1, 0.15) is 0 Å². The molecule has 0 atom stereocenters. The number of aromatic nitrogens is 2. The van der Waals surface area contributed by atoms with Gasteiger partial charge in [0, 0.05) is 31.7 Å². The first-order valence-electron chi connectivity index (χ1n) is 8.83. The topological polar surface area (TPSA) is 96.6 Å². The first-order chi connectivity index (χ1) is 13.6. The molecule has 2 amide bonds. The van der Waals surface area contributed by atoms with Crippen LogP contribution in [0.5, 0.6) is 0 Å². The molecule has 0 spiro atoms. The molecule has 29 heavy (non-hydrogen) atoms. The van der Waals surface area contributed by atoms with Crippen molar-refractivity contribution < 1.29 is 30.8 Å². The number of hydrogen-bond acceptors (Lipinski definition) is 6. The number of benzene rings is 1. The van der Waals surface area contributed by atoms with Crippen molar-refractivity contribution in [1.82, 2.24) is 20.0 Å². The Bertz CT molecular complexity index is 959. The van der Waals surface area contributed by atoms with Crippen LogP contribution in [0.15, 0.2) is 28.7 Å². The second-order valence-corrected chi connectivity index (χ2v) is 8.85. The van der Waals surface area contributed by atoms with Crippen LogP contribution in [0, 0.1) is 0 Å². The van der Waals surface area contributed by atoms with Gasteiger partial charge < -0.3 is 14.2 Å². The largest absolute Gasteiger partial charge is 0.470 e. The van der Waals surface area contributed by atoms with Crippen molar-refractivity contribution in [2.24, 2.45) is 0 Å².